The highest BCUT2D eigenvalue weighted by Gasteiger charge is 2.20. The van der Waals surface area contributed by atoms with Crippen LogP contribution >= 0.6 is 23.4 Å². The molecule has 0 aliphatic carbocycles. The van der Waals surface area contributed by atoms with Gasteiger partial charge >= 0.3 is 0 Å². The molecule has 2 N–H and O–H groups in total. The fraction of sp³-hybridized carbons (Fsp3) is 0.286. The third-order valence-corrected chi connectivity index (χ3v) is 5.95. The van der Waals surface area contributed by atoms with E-state index in [4.69, 9.17) is 11.6 Å². The Hall–Kier alpha value is -2.51. The largest absolute Gasteiger partial charge is 0.378 e. The van der Waals surface area contributed by atoms with Crippen molar-refractivity contribution in [2.75, 3.05) is 10.6 Å². The van der Waals surface area contributed by atoms with Gasteiger partial charge in [0.25, 0.3) is 0 Å². The van der Waals surface area contributed by atoms with Crippen LogP contribution in [-0.4, -0.2) is 25.9 Å². The molecule has 29 heavy (non-hydrogen) atoms. The van der Waals surface area contributed by atoms with Crippen LogP contribution in [0.5, 0.6) is 0 Å². The second kappa shape index (κ2) is 9.33. The van der Waals surface area contributed by atoms with Gasteiger partial charge in [-0.25, -0.2) is 0 Å². The molecular formula is C21H24ClN5OS. The van der Waals surface area contributed by atoms with E-state index in [-0.39, 0.29) is 11.2 Å². The highest BCUT2D eigenvalue weighted by atomic mass is 35.5. The molecule has 1 atom stereocenters. The number of aryl methyl sites for hydroxylation is 2. The first kappa shape index (κ1) is 21.2. The minimum atomic E-state index is -0.314. The fourth-order valence-corrected chi connectivity index (χ4v) is 3.85. The van der Waals surface area contributed by atoms with Gasteiger partial charge in [-0.15, -0.1) is 10.2 Å². The summed E-state index contributed by atoms with van der Waals surface area (Å²) in [7, 11) is 1.90. The predicted molar refractivity (Wildman–Crippen MR) is 120 cm³/mol. The van der Waals surface area contributed by atoms with Gasteiger partial charge < -0.3 is 15.2 Å². The van der Waals surface area contributed by atoms with E-state index >= 15 is 0 Å². The molecule has 3 aromatic rings. The van der Waals surface area contributed by atoms with Gasteiger partial charge in [-0.05, 0) is 50.1 Å². The standard InChI is InChI=1S/C21H24ClN5OS/c1-13-7-5-8-14(2)19(13)24-20(28)15(3)29-21-26-25-18(27(21)4)12-23-17-10-6-9-16(22)11-17/h5-11,15,23H,12H2,1-4H3,(H,24,28). The van der Waals surface area contributed by atoms with E-state index < -0.39 is 0 Å². The minimum absolute atomic E-state index is 0.0611. The summed E-state index contributed by atoms with van der Waals surface area (Å²) in [6, 6.07) is 13.5. The summed E-state index contributed by atoms with van der Waals surface area (Å²) in [5.41, 5.74) is 3.87. The summed E-state index contributed by atoms with van der Waals surface area (Å²) < 4.78 is 1.89. The fourth-order valence-electron chi connectivity index (χ4n) is 2.83. The molecule has 0 fully saturated rings. The molecule has 3 rings (SSSR count). The molecule has 1 aromatic heterocycles. The highest BCUT2D eigenvalue weighted by molar-refractivity contribution is 8.00. The van der Waals surface area contributed by atoms with Gasteiger partial charge in [-0.3, -0.25) is 4.79 Å². The molecule has 0 saturated carbocycles. The van der Waals surface area contributed by atoms with Crippen LogP contribution in [0.25, 0.3) is 0 Å². The zero-order valence-corrected chi connectivity index (χ0v) is 18.4. The van der Waals surface area contributed by atoms with Crippen molar-refractivity contribution in [3.8, 4) is 0 Å². The first-order valence-corrected chi connectivity index (χ1v) is 10.5. The number of hydrogen-bond acceptors (Lipinski definition) is 5. The van der Waals surface area contributed by atoms with Crippen molar-refractivity contribution >= 4 is 40.6 Å². The van der Waals surface area contributed by atoms with E-state index in [0.717, 1.165) is 28.3 Å². The van der Waals surface area contributed by atoms with Gasteiger partial charge in [0.1, 0.15) is 0 Å². The maximum Gasteiger partial charge on any atom is 0.237 e. The van der Waals surface area contributed by atoms with Gasteiger partial charge in [0.2, 0.25) is 5.91 Å². The van der Waals surface area contributed by atoms with Crippen LogP contribution in [0, 0.1) is 13.8 Å². The summed E-state index contributed by atoms with van der Waals surface area (Å²) in [6.07, 6.45) is 0. The number of rotatable bonds is 7. The van der Waals surface area contributed by atoms with Crippen molar-refractivity contribution in [2.24, 2.45) is 7.05 Å². The monoisotopic (exact) mass is 429 g/mol. The summed E-state index contributed by atoms with van der Waals surface area (Å²) in [5, 5.41) is 15.8. The van der Waals surface area contributed by atoms with E-state index in [9.17, 15) is 4.79 Å². The Morgan fingerprint density at radius 3 is 2.55 bits per heavy atom. The topological polar surface area (TPSA) is 71.8 Å². The van der Waals surface area contributed by atoms with Crippen LogP contribution in [0.15, 0.2) is 47.6 Å². The number of carbonyl (C=O) groups is 1. The van der Waals surface area contributed by atoms with E-state index in [2.05, 4.69) is 20.8 Å². The lowest BCUT2D eigenvalue weighted by Gasteiger charge is -2.15. The number of nitrogens with zero attached hydrogens (tertiary/aromatic N) is 3. The molecule has 152 valence electrons. The van der Waals surface area contributed by atoms with Crippen LogP contribution in [0.1, 0.15) is 23.9 Å². The number of hydrogen-bond donors (Lipinski definition) is 2. The highest BCUT2D eigenvalue weighted by Crippen LogP contribution is 2.25. The van der Waals surface area contributed by atoms with Gasteiger partial charge in [0, 0.05) is 23.4 Å². The van der Waals surface area contributed by atoms with Crippen molar-refractivity contribution in [1.29, 1.82) is 0 Å². The number of carbonyl (C=O) groups excluding carboxylic acids is 1. The van der Waals surface area contributed by atoms with Crippen LogP contribution in [0.3, 0.4) is 0 Å². The zero-order chi connectivity index (χ0) is 21.0. The maximum atomic E-state index is 12.7. The predicted octanol–water partition coefficient (Wildman–Crippen LogP) is 4.82. The van der Waals surface area contributed by atoms with E-state index in [1.807, 2.05) is 74.9 Å². The molecule has 0 saturated heterocycles. The number of para-hydroxylation sites is 1. The van der Waals surface area contributed by atoms with Crippen LogP contribution in [0.4, 0.5) is 11.4 Å². The van der Waals surface area contributed by atoms with Crippen molar-refractivity contribution in [1.82, 2.24) is 14.8 Å². The van der Waals surface area contributed by atoms with Gasteiger partial charge in [0.05, 0.1) is 11.8 Å². The van der Waals surface area contributed by atoms with Crippen LogP contribution in [0.2, 0.25) is 5.02 Å². The third kappa shape index (κ3) is 5.31. The lowest BCUT2D eigenvalue weighted by molar-refractivity contribution is -0.115. The van der Waals surface area contributed by atoms with Crippen molar-refractivity contribution in [3.05, 3.63) is 64.4 Å². The third-order valence-electron chi connectivity index (χ3n) is 4.58. The van der Waals surface area contributed by atoms with Gasteiger partial charge in [-0.1, -0.05) is 47.6 Å². The smallest absolute Gasteiger partial charge is 0.237 e. The summed E-state index contributed by atoms with van der Waals surface area (Å²) in [4.78, 5) is 12.7. The van der Waals surface area contributed by atoms with Crippen molar-refractivity contribution in [3.63, 3.8) is 0 Å². The zero-order valence-electron chi connectivity index (χ0n) is 16.9. The normalized spacial score (nSPS) is 11.9. The number of benzene rings is 2. The molecule has 0 aliphatic heterocycles. The second-order valence-electron chi connectivity index (χ2n) is 6.84. The van der Waals surface area contributed by atoms with Crippen molar-refractivity contribution < 1.29 is 4.79 Å². The molecule has 1 unspecified atom stereocenters. The Morgan fingerprint density at radius 1 is 1.17 bits per heavy atom. The van der Waals surface area contributed by atoms with Gasteiger partial charge in [0.15, 0.2) is 11.0 Å². The Balaban J connectivity index is 1.62. The Bertz CT molecular complexity index is 1000. The number of aromatic nitrogens is 3. The lowest BCUT2D eigenvalue weighted by Crippen LogP contribution is -2.23. The quantitative estimate of drug-likeness (QED) is 0.527. The Labute approximate surface area is 180 Å². The number of thioether (sulfide) groups is 1. The van der Waals surface area contributed by atoms with E-state index in [1.54, 1.807) is 0 Å². The summed E-state index contributed by atoms with van der Waals surface area (Å²) in [6.45, 7) is 6.35. The molecule has 0 bridgehead atoms. The molecule has 6 nitrogen and oxygen atoms in total. The lowest BCUT2D eigenvalue weighted by atomic mass is 10.1. The summed E-state index contributed by atoms with van der Waals surface area (Å²) >= 11 is 7.39. The first-order chi connectivity index (χ1) is 13.8. The SMILES string of the molecule is Cc1cccc(C)c1NC(=O)C(C)Sc1nnc(CNc2cccc(Cl)c2)n1C. The average Bonchev–Trinajstić information content (AvgIpc) is 3.02. The molecular weight excluding hydrogens is 406 g/mol. The molecule has 0 radical (unpaired) electrons. The van der Waals surface area contributed by atoms with E-state index in [0.29, 0.717) is 16.7 Å². The van der Waals surface area contributed by atoms with E-state index in [1.165, 1.54) is 11.8 Å². The molecule has 1 amide bonds. The Kier molecular flexibility index (Phi) is 6.82. The maximum absolute atomic E-state index is 12.7. The average molecular weight is 430 g/mol. The molecule has 2 aromatic carbocycles. The molecule has 0 aliphatic rings. The van der Waals surface area contributed by atoms with Crippen LogP contribution in [-0.2, 0) is 18.4 Å². The number of halogens is 1. The minimum Gasteiger partial charge on any atom is -0.378 e. The number of anilines is 2. The van der Waals surface area contributed by atoms with Gasteiger partial charge in [-0.2, -0.15) is 0 Å². The second-order valence-corrected chi connectivity index (χ2v) is 8.58. The van der Waals surface area contributed by atoms with Crippen molar-refractivity contribution in [2.45, 2.75) is 37.7 Å². The first-order valence-electron chi connectivity index (χ1n) is 9.26. The number of nitrogens with one attached hydrogen (secondary N) is 2. The summed E-state index contributed by atoms with van der Waals surface area (Å²) in [5.74, 6) is 0.712. The Morgan fingerprint density at radius 2 is 1.86 bits per heavy atom. The molecule has 1 heterocycles. The molecule has 8 heteroatoms. The molecule has 0 spiro atoms. The number of amides is 1. The van der Waals surface area contributed by atoms with Crippen LogP contribution < -0.4 is 10.6 Å².